The van der Waals surface area contributed by atoms with Crippen molar-refractivity contribution in [2.45, 2.75) is 33.2 Å². The monoisotopic (exact) mass is 154 g/mol. The summed E-state index contributed by atoms with van der Waals surface area (Å²) in [7, 11) is 0. The van der Waals surface area contributed by atoms with Crippen molar-refractivity contribution >= 4 is 6.21 Å². The second kappa shape index (κ2) is 4.16. The van der Waals surface area contributed by atoms with Gasteiger partial charge >= 0.3 is 0 Å². The van der Waals surface area contributed by atoms with Crippen LogP contribution in [-0.4, -0.2) is 11.8 Å². The molecule has 2 heteroatoms. The molecule has 2 nitrogen and oxygen atoms in total. The number of rotatable bonds is 4. The van der Waals surface area contributed by atoms with Gasteiger partial charge in [0.15, 0.2) is 0 Å². The molecule has 0 rings (SSSR count). The number of allylic oxidation sites excluding steroid dienone is 1. The lowest BCUT2D eigenvalue weighted by Gasteiger charge is -2.28. The minimum absolute atomic E-state index is 0.0551. The first-order valence-corrected chi connectivity index (χ1v) is 3.92. The SMILES string of the molecule is C=CC=NNC(C)(C)C(C)C. The Bertz CT molecular complexity index is 146. The summed E-state index contributed by atoms with van der Waals surface area (Å²) in [6, 6.07) is 0. The molecule has 0 radical (unpaired) electrons. The number of hydrogen-bond acceptors (Lipinski definition) is 2. The van der Waals surface area contributed by atoms with Crippen LogP contribution >= 0.6 is 0 Å². The number of nitrogens with one attached hydrogen (secondary N) is 1. The maximum absolute atomic E-state index is 3.99. The standard InChI is InChI=1S/C9H18N2/c1-6-7-10-11-9(4,5)8(2)3/h6-8,11H,1H2,2-5H3. The summed E-state index contributed by atoms with van der Waals surface area (Å²) in [5, 5.41) is 3.99. The van der Waals surface area contributed by atoms with Crippen LogP contribution in [0.2, 0.25) is 0 Å². The smallest absolute Gasteiger partial charge is 0.0515 e. The molecule has 0 amide bonds. The van der Waals surface area contributed by atoms with E-state index in [9.17, 15) is 0 Å². The van der Waals surface area contributed by atoms with Crippen molar-refractivity contribution in [3.8, 4) is 0 Å². The number of hydrazone groups is 1. The van der Waals surface area contributed by atoms with Crippen molar-refractivity contribution in [1.82, 2.24) is 5.43 Å². The van der Waals surface area contributed by atoms with E-state index < -0.39 is 0 Å². The topological polar surface area (TPSA) is 24.4 Å². The lowest BCUT2D eigenvalue weighted by atomic mass is 9.92. The molecule has 0 aliphatic carbocycles. The van der Waals surface area contributed by atoms with Gasteiger partial charge in [-0.05, 0) is 25.8 Å². The summed E-state index contributed by atoms with van der Waals surface area (Å²) in [6.45, 7) is 12.1. The third-order valence-electron chi connectivity index (χ3n) is 1.98. The first-order valence-electron chi connectivity index (χ1n) is 3.92. The second-order valence-corrected chi connectivity index (χ2v) is 3.50. The van der Waals surface area contributed by atoms with Gasteiger partial charge in [0.1, 0.15) is 0 Å². The highest BCUT2D eigenvalue weighted by Crippen LogP contribution is 2.14. The largest absolute Gasteiger partial charge is 0.304 e. The van der Waals surface area contributed by atoms with E-state index in [0.717, 1.165) is 0 Å². The molecule has 0 unspecified atom stereocenters. The number of nitrogens with zero attached hydrogens (tertiary/aromatic N) is 1. The Morgan fingerprint density at radius 1 is 1.45 bits per heavy atom. The molecule has 0 saturated heterocycles. The molecule has 64 valence electrons. The van der Waals surface area contributed by atoms with E-state index in [1.807, 2.05) is 0 Å². The van der Waals surface area contributed by atoms with E-state index in [0.29, 0.717) is 5.92 Å². The summed E-state index contributed by atoms with van der Waals surface area (Å²) in [5.41, 5.74) is 3.11. The quantitative estimate of drug-likeness (QED) is 0.487. The highest BCUT2D eigenvalue weighted by atomic mass is 15.3. The molecule has 0 atom stereocenters. The van der Waals surface area contributed by atoms with Crippen LogP contribution in [0.25, 0.3) is 0 Å². The van der Waals surface area contributed by atoms with Gasteiger partial charge in [0, 0.05) is 6.21 Å². The molecule has 0 aliphatic heterocycles. The Balaban J connectivity index is 3.91. The van der Waals surface area contributed by atoms with Gasteiger partial charge in [-0.2, -0.15) is 5.10 Å². The van der Waals surface area contributed by atoms with Crippen LogP contribution < -0.4 is 5.43 Å². The van der Waals surface area contributed by atoms with Crippen LogP contribution in [-0.2, 0) is 0 Å². The van der Waals surface area contributed by atoms with E-state index in [2.05, 4.69) is 44.8 Å². The molecule has 0 heterocycles. The molecule has 0 fully saturated rings. The van der Waals surface area contributed by atoms with Crippen molar-refractivity contribution < 1.29 is 0 Å². The fourth-order valence-corrected chi connectivity index (χ4v) is 0.385. The molecular formula is C9H18N2. The molecule has 1 N–H and O–H groups in total. The van der Waals surface area contributed by atoms with Crippen LogP contribution in [0, 0.1) is 5.92 Å². The molecule has 0 bridgehead atoms. The minimum atomic E-state index is 0.0551. The van der Waals surface area contributed by atoms with Crippen molar-refractivity contribution in [3.05, 3.63) is 12.7 Å². The van der Waals surface area contributed by atoms with E-state index in [1.54, 1.807) is 12.3 Å². The van der Waals surface area contributed by atoms with Crippen LogP contribution in [0.15, 0.2) is 17.8 Å². The Morgan fingerprint density at radius 2 is 2.00 bits per heavy atom. The Hall–Kier alpha value is -0.790. The molecule has 0 aliphatic rings. The highest BCUT2D eigenvalue weighted by molar-refractivity contribution is 5.69. The molecule has 0 aromatic rings. The summed E-state index contributed by atoms with van der Waals surface area (Å²) in [4.78, 5) is 0. The Morgan fingerprint density at radius 3 is 2.36 bits per heavy atom. The zero-order valence-corrected chi connectivity index (χ0v) is 7.89. The van der Waals surface area contributed by atoms with E-state index in [-0.39, 0.29) is 5.54 Å². The fraction of sp³-hybridized carbons (Fsp3) is 0.667. The van der Waals surface area contributed by atoms with Crippen molar-refractivity contribution in [2.24, 2.45) is 11.0 Å². The summed E-state index contributed by atoms with van der Waals surface area (Å²) in [6.07, 6.45) is 3.31. The van der Waals surface area contributed by atoms with Gasteiger partial charge in [0.25, 0.3) is 0 Å². The normalized spacial score (nSPS) is 12.5. The lowest BCUT2D eigenvalue weighted by Crippen LogP contribution is -2.40. The van der Waals surface area contributed by atoms with Gasteiger partial charge in [-0.1, -0.05) is 20.4 Å². The maximum Gasteiger partial charge on any atom is 0.0515 e. The van der Waals surface area contributed by atoms with Gasteiger partial charge in [-0.15, -0.1) is 0 Å². The van der Waals surface area contributed by atoms with Gasteiger partial charge in [0.2, 0.25) is 0 Å². The van der Waals surface area contributed by atoms with E-state index in [4.69, 9.17) is 0 Å². The lowest BCUT2D eigenvalue weighted by molar-refractivity contribution is 0.295. The fourth-order valence-electron chi connectivity index (χ4n) is 0.385. The zero-order chi connectivity index (χ0) is 8.91. The van der Waals surface area contributed by atoms with Crippen LogP contribution in [0.1, 0.15) is 27.7 Å². The summed E-state index contributed by atoms with van der Waals surface area (Å²) < 4.78 is 0. The first-order chi connectivity index (χ1) is 5.00. The third kappa shape index (κ3) is 3.81. The van der Waals surface area contributed by atoms with Crippen molar-refractivity contribution in [1.29, 1.82) is 0 Å². The molecule has 11 heavy (non-hydrogen) atoms. The Labute approximate surface area is 69.4 Å². The highest BCUT2D eigenvalue weighted by Gasteiger charge is 2.20. The van der Waals surface area contributed by atoms with E-state index >= 15 is 0 Å². The van der Waals surface area contributed by atoms with Crippen molar-refractivity contribution in [2.75, 3.05) is 0 Å². The minimum Gasteiger partial charge on any atom is -0.304 e. The maximum atomic E-state index is 3.99. The third-order valence-corrected chi connectivity index (χ3v) is 1.98. The zero-order valence-electron chi connectivity index (χ0n) is 7.89. The molecular weight excluding hydrogens is 136 g/mol. The van der Waals surface area contributed by atoms with Crippen LogP contribution in [0.3, 0.4) is 0 Å². The Kier molecular flexibility index (Phi) is 3.86. The predicted octanol–water partition coefficient (Wildman–Crippen LogP) is 2.18. The second-order valence-electron chi connectivity index (χ2n) is 3.50. The van der Waals surface area contributed by atoms with Crippen LogP contribution in [0.5, 0.6) is 0 Å². The average Bonchev–Trinajstić information content (AvgIpc) is 1.88. The van der Waals surface area contributed by atoms with Crippen molar-refractivity contribution in [3.63, 3.8) is 0 Å². The van der Waals surface area contributed by atoms with Gasteiger partial charge in [-0.25, -0.2) is 0 Å². The van der Waals surface area contributed by atoms with Gasteiger partial charge in [-0.3, -0.25) is 0 Å². The van der Waals surface area contributed by atoms with Gasteiger partial charge < -0.3 is 5.43 Å². The average molecular weight is 154 g/mol. The molecule has 0 saturated carbocycles. The van der Waals surface area contributed by atoms with E-state index in [1.165, 1.54) is 0 Å². The molecule has 0 aromatic heterocycles. The first kappa shape index (κ1) is 10.2. The predicted molar refractivity (Wildman–Crippen MR) is 50.7 cm³/mol. The number of hydrogen-bond donors (Lipinski definition) is 1. The van der Waals surface area contributed by atoms with Gasteiger partial charge in [0.05, 0.1) is 5.54 Å². The van der Waals surface area contributed by atoms with Crippen LogP contribution in [0.4, 0.5) is 0 Å². The summed E-state index contributed by atoms with van der Waals surface area (Å²) >= 11 is 0. The molecule has 0 spiro atoms. The molecule has 0 aromatic carbocycles. The summed E-state index contributed by atoms with van der Waals surface area (Å²) in [5.74, 6) is 0.560.